The second-order valence-corrected chi connectivity index (χ2v) is 9.89. The van der Waals surface area contributed by atoms with E-state index in [-0.39, 0.29) is 24.4 Å². The molecule has 0 bridgehead atoms. The van der Waals surface area contributed by atoms with Gasteiger partial charge in [0, 0.05) is 18.5 Å². The third-order valence-electron chi connectivity index (χ3n) is 6.63. The van der Waals surface area contributed by atoms with Crippen LogP contribution in [0.25, 0.3) is 22.5 Å². The van der Waals surface area contributed by atoms with Crippen molar-refractivity contribution in [2.24, 2.45) is 5.92 Å². The number of benzene rings is 3. The fourth-order valence-electron chi connectivity index (χ4n) is 4.58. The maximum atomic E-state index is 13.4. The van der Waals surface area contributed by atoms with E-state index < -0.39 is 6.04 Å². The number of H-pyrrole nitrogens is 1. The van der Waals surface area contributed by atoms with E-state index in [4.69, 9.17) is 4.74 Å². The molecule has 0 aliphatic rings. The van der Waals surface area contributed by atoms with E-state index in [1.54, 1.807) is 4.90 Å². The van der Waals surface area contributed by atoms with Gasteiger partial charge in [-0.3, -0.25) is 4.79 Å². The molecule has 0 fully saturated rings. The Labute approximate surface area is 229 Å². The first-order valence-electron chi connectivity index (χ1n) is 13.4. The summed E-state index contributed by atoms with van der Waals surface area (Å²) in [5.41, 5.74) is 4.68. The minimum atomic E-state index is -0.684. The summed E-state index contributed by atoms with van der Waals surface area (Å²) in [6, 6.07) is 24.8. The fraction of sp³-hybridized carbons (Fsp3) is 0.323. The Morgan fingerprint density at radius 1 is 0.897 bits per heavy atom. The molecule has 1 aromatic heterocycles. The van der Waals surface area contributed by atoms with Crippen molar-refractivity contribution in [1.29, 1.82) is 0 Å². The summed E-state index contributed by atoms with van der Waals surface area (Å²) in [5, 5.41) is 14.4. The Bertz CT molecular complexity index is 1340. The molecule has 1 atom stereocenters. The number of nitrogens with one attached hydrogen (secondary N) is 1. The van der Waals surface area contributed by atoms with E-state index in [1.165, 1.54) is 0 Å². The third-order valence-corrected chi connectivity index (χ3v) is 6.63. The van der Waals surface area contributed by atoms with Gasteiger partial charge in [-0.05, 0) is 39.8 Å². The molecule has 8 nitrogen and oxygen atoms in total. The van der Waals surface area contributed by atoms with Crippen LogP contribution in [-0.4, -0.2) is 43.4 Å². The summed E-state index contributed by atoms with van der Waals surface area (Å²) in [6.45, 7) is 6.45. The van der Waals surface area contributed by atoms with Crippen LogP contribution in [0.5, 0.6) is 0 Å². The number of unbranched alkanes of at least 4 members (excludes halogenated alkanes) is 1. The van der Waals surface area contributed by atoms with Crippen LogP contribution >= 0.6 is 0 Å². The van der Waals surface area contributed by atoms with Crippen molar-refractivity contribution in [2.75, 3.05) is 0 Å². The number of ether oxygens (including phenoxy) is 1. The summed E-state index contributed by atoms with van der Waals surface area (Å²) in [7, 11) is 0. The van der Waals surface area contributed by atoms with Gasteiger partial charge in [0.2, 0.25) is 11.7 Å². The number of rotatable bonds is 12. The average molecular weight is 526 g/mol. The van der Waals surface area contributed by atoms with Crippen LogP contribution in [0.2, 0.25) is 0 Å². The molecule has 1 unspecified atom stereocenters. The van der Waals surface area contributed by atoms with Gasteiger partial charge in [-0.15, -0.1) is 10.2 Å². The van der Waals surface area contributed by atoms with Gasteiger partial charge in [-0.25, -0.2) is 4.79 Å². The van der Waals surface area contributed by atoms with Crippen molar-refractivity contribution in [3.05, 3.63) is 90.0 Å². The highest BCUT2D eigenvalue weighted by Gasteiger charge is 2.33. The molecule has 4 aromatic rings. The zero-order chi connectivity index (χ0) is 27.6. The minimum absolute atomic E-state index is 0.0428. The van der Waals surface area contributed by atoms with Crippen LogP contribution in [0.4, 0.5) is 0 Å². The lowest BCUT2D eigenvalue weighted by atomic mass is 9.97. The molecule has 39 heavy (non-hydrogen) atoms. The molecule has 0 aliphatic carbocycles. The molecule has 0 aliphatic heterocycles. The molecule has 1 N–H and O–H groups in total. The van der Waals surface area contributed by atoms with Gasteiger partial charge >= 0.3 is 5.97 Å². The normalized spacial score (nSPS) is 11.8. The van der Waals surface area contributed by atoms with Gasteiger partial charge in [0.25, 0.3) is 0 Å². The first-order valence-corrected chi connectivity index (χ1v) is 13.4. The number of nitrogens with zero attached hydrogens (tertiary/aromatic N) is 4. The van der Waals surface area contributed by atoms with Gasteiger partial charge in [0.1, 0.15) is 12.6 Å². The van der Waals surface area contributed by atoms with E-state index in [0.29, 0.717) is 18.8 Å². The molecule has 0 saturated carbocycles. The van der Waals surface area contributed by atoms with E-state index >= 15 is 0 Å². The first-order chi connectivity index (χ1) is 19.0. The number of aromatic amines is 1. The summed E-state index contributed by atoms with van der Waals surface area (Å²) >= 11 is 0. The fourth-order valence-corrected chi connectivity index (χ4v) is 4.58. The molecule has 0 spiro atoms. The molecule has 202 valence electrons. The quantitative estimate of drug-likeness (QED) is 0.234. The number of hydrogen-bond donors (Lipinski definition) is 1. The smallest absolute Gasteiger partial charge is 0.329 e. The molecule has 4 rings (SSSR count). The summed E-state index contributed by atoms with van der Waals surface area (Å²) < 4.78 is 5.70. The van der Waals surface area contributed by atoms with Crippen molar-refractivity contribution in [3.8, 4) is 22.5 Å². The zero-order valence-corrected chi connectivity index (χ0v) is 22.7. The number of carbonyl (C=O) groups is 2. The van der Waals surface area contributed by atoms with Crippen molar-refractivity contribution >= 4 is 11.9 Å². The minimum Gasteiger partial charge on any atom is -0.459 e. The van der Waals surface area contributed by atoms with Crippen LogP contribution in [-0.2, 0) is 27.5 Å². The van der Waals surface area contributed by atoms with Crippen LogP contribution in [0.15, 0.2) is 78.9 Å². The predicted molar refractivity (Wildman–Crippen MR) is 150 cm³/mol. The molecule has 0 radical (unpaired) electrons. The molecule has 8 heteroatoms. The van der Waals surface area contributed by atoms with Gasteiger partial charge < -0.3 is 9.64 Å². The van der Waals surface area contributed by atoms with Crippen LogP contribution in [0, 0.1) is 5.92 Å². The van der Waals surface area contributed by atoms with Crippen molar-refractivity contribution in [2.45, 2.75) is 59.2 Å². The summed E-state index contributed by atoms with van der Waals surface area (Å²) in [5.74, 6) is -0.0146. The molecule has 1 heterocycles. The number of tetrazole rings is 1. The number of carbonyl (C=O) groups excluding carboxylic acids is 2. The lowest BCUT2D eigenvalue weighted by Gasteiger charge is -2.33. The Hall–Kier alpha value is -4.33. The van der Waals surface area contributed by atoms with Gasteiger partial charge in [-0.2, -0.15) is 5.21 Å². The number of amides is 1. The Balaban J connectivity index is 1.56. The van der Waals surface area contributed by atoms with Crippen LogP contribution < -0.4 is 0 Å². The van der Waals surface area contributed by atoms with E-state index in [1.807, 2.05) is 92.7 Å². The van der Waals surface area contributed by atoms with Crippen LogP contribution in [0.1, 0.15) is 51.2 Å². The number of aromatic nitrogens is 4. The van der Waals surface area contributed by atoms with Crippen LogP contribution in [0.3, 0.4) is 0 Å². The van der Waals surface area contributed by atoms with Crippen molar-refractivity contribution in [3.63, 3.8) is 0 Å². The molecule has 3 aromatic carbocycles. The van der Waals surface area contributed by atoms with Crippen molar-refractivity contribution < 1.29 is 14.3 Å². The molecular weight excluding hydrogens is 490 g/mol. The highest BCUT2D eigenvalue weighted by Crippen LogP contribution is 2.30. The van der Waals surface area contributed by atoms with E-state index in [9.17, 15) is 9.59 Å². The molecule has 1 amide bonds. The second-order valence-electron chi connectivity index (χ2n) is 9.89. The van der Waals surface area contributed by atoms with E-state index in [0.717, 1.165) is 40.7 Å². The summed E-state index contributed by atoms with van der Waals surface area (Å²) in [6.07, 6.45) is 2.06. The third kappa shape index (κ3) is 7.16. The topological polar surface area (TPSA) is 101 Å². The van der Waals surface area contributed by atoms with Gasteiger partial charge in [0.05, 0.1) is 0 Å². The second kappa shape index (κ2) is 13.5. The average Bonchev–Trinajstić information content (AvgIpc) is 3.50. The highest BCUT2D eigenvalue weighted by molar-refractivity contribution is 5.85. The Morgan fingerprint density at radius 3 is 2.23 bits per heavy atom. The van der Waals surface area contributed by atoms with Crippen molar-refractivity contribution in [1.82, 2.24) is 25.5 Å². The van der Waals surface area contributed by atoms with Gasteiger partial charge in [0.15, 0.2) is 0 Å². The largest absolute Gasteiger partial charge is 0.459 e. The maximum Gasteiger partial charge on any atom is 0.329 e. The molecule has 0 saturated heterocycles. The standard InChI is InChI=1S/C31H35N5O3/c1-4-5-15-28(37)36(29(22(2)3)31(38)39-21-24-11-7-6-8-12-24)20-23-16-18-25(19-17-23)26-13-9-10-14-27(26)30-32-34-35-33-30/h6-14,16-19,22,29H,4-5,15,20-21H2,1-3H3,(H,32,33,34,35). The lowest BCUT2D eigenvalue weighted by molar-refractivity contribution is -0.159. The summed E-state index contributed by atoms with van der Waals surface area (Å²) in [4.78, 5) is 28.4. The highest BCUT2D eigenvalue weighted by atomic mass is 16.5. The zero-order valence-electron chi connectivity index (χ0n) is 22.7. The number of hydrogen-bond acceptors (Lipinski definition) is 6. The van der Waals surface area contributed by atoms with Gasteiger partial charge in [-0.1, -0.05) is 106 Å². The number of esters is 1. The maximum absolute atomic E-state index is 13.4. The monoisotopic (exact) mass is 525 g/mol. The lowest BCUT2D eigenvalue weighted by Crippen LogP contribution is -2.48. The Kier molecular flexibility index (Phi) is 9.56. The molecular formula is C31H35N5O3. The predicted octanol–water partition coefficient (Wildman–Crippen LogP) is 5.82. The SMILES string of the molecule is CCCCC(=O)N(Cc1ccc(-c2ccccc2-c2nn[nH]n2)cc1)C(C(=O)OCc1ccccc1)C(C)C. The Morgan fingerprint density at radius 2 is 1.59 bits per heavy atom. The first kappa shape index (κ1) is 27.7. The van der Waals surface area contributed by atoms with E-state index in [2.05, 4.69) is 27.5 Å².